The first kappa shape index (κ1) is 16.6. The van der Waals surface area contributed by atoms with Gasteiger partial charge in [-0.25, -0.2) is 9.97 Å². The molecule has 2 heterocycles. The molecule has 2 aromatic heterocycles. The standard InChI is InChI=1S/C11H8F3N3O2.CH4O/c12-11(13,14)10-16-4-7(6-18)9(17-10)15-5-8-2-1-3-19-8;1-2/h1-4,6H,5H2,(H,15,16,17);2H,1H3. The Hall–Kier alpha value is -2.42. The Bertz CT molecular complexity index is 571. The summed E-state index contributed by atoms with van der Waals surface area (Å²) in [5, 5.41) is 9.60. The van der Waals surface area contributed by atoms with E-state index < -0.39 is 12.0 Å². The van der Waals surface area contributed by atoms with Gasteiger partial charge in [-0.15, -0.1) is 0 Å². The maximum absolute atomic E-state index is 12.5. The van der Waals surface area contributed by atoms with Gasteiger partial charge in [-0.1, -0.05) is 0 Å². The van der Waals surface area contributed by atoms with E-state index in [0.29, 0.717) is 12.0 Å². The van der Waals surface area contributed by atoms with Crippen molar-refractivity contribution in [3.63, 3.8) is 0 Å². The minimum absolute atomic E-state index is 0.0560. The summed E-state index contributed by atoms with van der Waals surface area (Å²) in [6.45, 7) is 0.113. The molecule has 0 saturated carbocycles. The van der Waals surface area contributed by atoms with Gasteiger partial charge in [-0.05, 0) is 12.1 Å². The summed E-state index contributed by atoms with van der Waals surface area (Å²) in [6, 6.07) is 3.28. The maximum atomic E-state index is 12.5. The van der Waals surface area contributed by atoms with Crippen molar-refractivity contribution >= 4 is 12.1 Å². The van der Waals surface area contributed by atoms with E-state index in [1.165, 1.54) is 6.26 Å². The van der Waals surface area contributed by atoms with Crippen LogP contribution < -0.4 is 5.32 Å². The number of rotatable bonds is 4. The van der Waals surface area contributed by atoms with Crippen LogP contribution in [0.25, 0.3) is 0 Å². The minimum Gasteiger partial charge on any atom is -0.467 e. The third kappa shape index (κ3) is 4.56. The summed E-state index contributed by atoms with van der Waals surface area (Å²) in [4.78, 5) is 17.1. The zero-order chi connectivity index (χ0) is 15.9. The second-order valence-corrected chi connectivity index (χ2v) is 3.55. The van der Waals surface area contributed by atoms with E-state index in [1.807, 2.05) is 0 Å². The summed E-state index contributed by atoms with van der Waals surface area (Å²) in [5.41, 5.74) is -0.0560. The maximum Gasteiger partial charge on any atom is 0.451 e. The molecule has 2 rings (SSSR count). The summed E-state index contributed by atoms with van der Waals surface area (Å²) in [6.07, 6.45) is -2.03. The van der Waals surface area contributed by atoms with Crippen LogP contribution in [-0.2, 0) is 12.7 Å². The molecule has 0 spiro atoms. The molecule has 0 unspecified atom stereocenters. The molecule has 0 saturated heterocycles. The highest BCUT2D eigenvalue weighted by atomic mass is 19.4. The Labute approximate surface area is 117 Å². The molecule has 2 aromatic rings. The fourth-order valence-electron chi connectivity index (χ4n) is 1.34. The molecule has 0 amide bonds. The van der Waals surface area contributed by atoms with Crippen LogP contribution in [0.2, 0.25) is 0 Å². The molecule has 0 radical (unpaired) electrons. The van der Waals surface area contributed by atoms with E-state index in [2.05, 4.69) is 15.3 Å². The Balaban J connectivity index is 0.00000106. The van der Waals surface area contributed by atoms with Crippen molar-refractivity contribution in [2.45, 2.75) is 12.7 Å². The van der Waals surface area contributed by atoms with Crippen molar-refractivity contribution < 1.29 is 27.5 Å². The molecule has 6 nitrogen and oxygen atoms in total. The second-order valence-electron chi connectivity index (χ2n) is 3.55. The highest BCUT2D eigenvalue weighted by Crippen LogP contribution is 2.27. The van der Waals surface area contributed by atoms with Crippen molar-refractivity contribution in [1.29, 1.82) is 0 Å². The predicted molar refractivity (Wildman–Crippen MR) is 66.6 cm³/mol. The number of aliphatic hydroxyl groups excluding tert-OH is 1. The van der Waals surface area contributed by atoms with Gasteiger partial charge in [0.1, 0.15) is 11.6 Å². The molecule has 2 N–H and O–H groups in total. The van der Waals surface area contributed by atoms with Gasteiger partial charge in [0, 0.05) is 13.3 Å². The van der Waals surface area contributed by atoms with Crippen molar-refractivity contribution in [3.05, 3.63) is 41.7 Å². The molecule has 114 valence electrons. The third-order valence-corrected chi connectivity index (χ3v) is 2.21. The lowest BCUT2D eigenvalue weighted by Gasteiger charge is -2.09. The van der Waals surface area contributed by atoms with Gasteiger partial charge >= 0.3 is 6.18 Å². The lowest BCUT2D eigenvalue weighted by Crippen LogP contribution is -2.14. The predicted octanol–water partition coefficient (Wildman–Crippen LogP) is 2.12. The average molecular weight is 303 g/mol. The van der Waals surface area contributed by atoms with Crippen LogP contribution in [0.1, 0.15) is 21.9 Å². The molecule has 0 aliphatic rings. The number of aldehydes is 1. The molecule has 0 atom stereocenters. The van der Waals surface area contributed by atoms with Crippen LogP contribution >= 0.6 is 0 Å². The number of halogens is 3. The first-order valence-corrected chi connectivity index (χ1v) is 5.61. The average Bonchev–Trinajstić information content (AvgIpc) is 2.99. The molecule has 9 heteroatoms. The van der Waals surface area contributed by atoms with Gasteiger partial charge in [0.25, 0.3) is 0 Å². The number of anilines is 1. The van der Waals surface area contributed by atoms with E-state index >= 15 is 0 Å². The van der Waals surface area contributed by atoms with E-state index in [4.69, 9.17) is 9.52 Å². The van der Waals surface area contributed by atoms with Gasteiger partial charge in [0.2, 0.25) is 5.82 Å². The van der Waals surface area contributed by atoms with Crippen molar-refractivity contribution in [2.24, 2.45) is 0 Å². The summed E-state index contributed by atoms with van der Waals surface area (Å²) < 4.78 is 42.4. The number of carbonyl (C=O) groups is 1. The molecule has 0 aliphatic carbocycles. The van der Waals surface area contributed by atoms with Crippen LogP contribution in [0, 0.1) is 0 Å². The number of hydrogen-bond acceptors (Lipinski definition) is 6. The zero-order valence-electron chi connectivity index (χ0n) is 10.9. The smallest absolute Gasteiger partial charge is 0.451 e. The summed E-state index contributed by atoms with van der Waals surface area (Å²) in [5.74, 6) is -0.988. The second kappa shape index (κ2) is 7.39. The van der Waals surface area contributed by atoms with Gasteiger partial charge in [0.15, 0.2) is 6.29 Å². The zero-order valence-corrected chi connectivity index (χ0v) is 10.9. The van der Waals surface area contributed by atoms with Gasteiger partial charge in [-0.3, -0.25) is 4.79 Å². The molecule has 0 fully saturated rings. The number of furan rings is 1. The molecule has 0 aromatic carbocycles. The van der Waals surface area contributed by atoms with Crippen LogP contribution in [0.3, 0.4) is 0 Å². The fourth-order valence-corrected chi connectivity index (χ4v) is 1.34. The minimum atomic E-state index is -4.66. The topological polar surface area (TPSA) is 88.2 Å². The number of nitrogens with one attached hydrogen (secondary N) is 1. The van der Waals surface area contributed by atoms with E-state index in [1.54, 1.807) is 12.1 Å². The van der Waals surface area contributed by atoms with Crippen LogP contribution in [0.4, 0.5) is 19.0 Å². The SMILES string of the molecule is CO.O=Cc1cnc(C(F)(F)F)nc1NCc1ccco1. The third-order valence-electron chi connectivity index (χ3n) is 2.21. The summed E-state index contributed by atoms with van der Waals surface area (Å²) >= 11 is 0. The van der Waals surface area contributed by atoms with Gasteiger partial charge in [0.05, 0.1) is 18.4 Å². The van der Waals surface area contributed by atoms with E-state index in [0.717, 1.165) is 13.3 Å². The number of aromatic nitrogens is 2. The Morgan fingerprint density at radius 2 is 2.14 bits per heavy atom. The quantitative estimate of drug-likeness (QED) is 0.841. The monoisotopic (exact) mass is 303 g/mol. The Morgan fingerprint density at radius 1 is 1.43 bits per heavy atom. The van der Waals surface area contributed by atoms with Gasteiger partial charge in [-0.2, -0.15) is 13.2 Å². The van der Waals surface area contributed by atoms with Crippen LogP contribution in [-0.4, -0.2) is 28.5 Å². The molecular formula is C12H12F3N3O3. The van der Waals surface area contributed by atoms with Gasteiger partial charge < -0.3 is 14.8 Å². The number of aliphatic hydroxyl groups is 1. The largest absolute Gasteiger partial charge is 0.467 e. The first-order valence-electron chi connectivity index (χ1n) is 5.61. The Morgan fingerprint density at radius 3 is 2.67 bits per heavy atom. The van der Waals surface area contributed by atoms with Crippen molar-refractivity contribution in [2.75, 3.05) is 12.4 Å². The highest BCUT2D eigenvalue weighted by Gasteiger charge is 2.35. The van der Waals surface area contributed by atoms with Crippen LogP contribution in [0.5, 0.6) is 0 Å². The lowest BCUT2D eigenvalue weighted by atomic mass is 10.3. The molecule has 0 aliphatic heterocycles. The highest BCUT2D eigenvalue weighted by molar-refractivity contribution is 5.81. The number of hydrogen-bond donors (Lipinski definition) is 2. The lowest BCUT2D eigenvalue weighted by molar-refractivity contribution is -0.144. The molecule has 0 bridgehead atoms. The van der Waals surface area contributed by atoms with Crippen molar-refractivity contribution in [1.82, 2.24) is 9.97 Å². The van der Waals surface area contributed by atoms with E-state index in [9.17, 15) is 18.0 Å². The van der Waals surface area contributed by atoms with Crippen molar-refractivity contribution in [3.8, 4) is 0 Å². The molecule has 21 heavy (non-hydrogen) atoms. The summed E-state index contributed by atoms with van der Waals surface area (Å²) in [7, 11) is 1.00. The normalized spacial score (nSPS) is 10.5. The number of alkyl halides is 3. The number of carbonyl (C=O) groups excluding carboxylic acids is 1. The Kier molecular flexibility index (Phi) is 5.85. The molecular weight excluding hydrogens is 291 g/mol. The van der Waals surface area contributed by atoms with Crippen LogP contribution in [0.15, 0.2) is 29.0 Å². The first-order chi connectivity index (χ1) is 10.0. The fraction of sp³-hybridized carbons (Fsp3) is 0.250. The number of nitrogens with zero attached hydrogens (tertiary/aromatic N) is 2. The van der Waals surface area contributed by atoms with E-state index in [-0.39, 0.29) is 17.9 Å².